The van der Waals surface area contributed by atoms with Gasteiger partial charge in [-0.3, -0.25) is 4.98 Å². The van der Waals surface area contributed by atoms with Gasteiger partial charge in [-0.2, -0.15) is 0 Å². The highest BCUT2D eigenvalue weighted by Gasteiger charge is 2.17. The smallest absolute Gasteiger partial charge is 0.240 e. The average Bonchev–Trinajstić information content (AvgIpc) is 2.96. The quantitative estimate of drug-likeness (QED) is 0.701. The van der Waals surface area contributed by atoms with Crippen LogP contribution in [0.5, 0.6) is 0 Å². The Morgan fingerprint density at radius 1 is 1.15 bits per heavy atom. The number of benzene rings is 1. The second kappa shape index (κ2) is 7.65. The Kier molecular flexibility index (Phi) is 5.50. The third-order valence-electron chi connectivity index (χ3n) is 4.07. The van der Waals surface area contributed by atoms with Gasteiger partial charge in [0.25, 0.3) is 0 Å². The zero-order chi connectivity index (χ0) is 18.7. The van der Waals surface area contributed by atoms with Gasteiger partial charge in [-0.15, -0.1) is 11.3 Å². The van der Waals surface area contributed by atoms with Crippen LogP contribution in [-0.2, 0) is 16.4 Å². The molecule has 0 fully saturated rings. The SMILES string of the molecule is Cc1ccc(S(=O)(=O)NCCc2sc(-c3cccnc3)nc2C)c(C)c1. The van der Waals surface area contributed by atoms with Crippen LogP contribution in [0.3, 0.4) is 0 Å². The van der Waals surface area contributed by atoms with E-state index in [2.05, 4.69) is 14.7 Å². The molecule has 1 N–H and O–H groups in total. The Morgan fingerprint density at radius 2 is 1.96 bits per heavy atom. The van der Waals surface area contributed by atoms with Crippen LogP contribution in [0.4, 0.5) is 0 Å². The molecule has 2 aromatic heterocycles. The molecule has 26 heavy (non-hydrogen) atoms. The van der Waals surface area contributed by atoms with Crippen LogP contribution in [-0.4, -0.2) is 24.9 Å². The molecule has 0 atom stereocenters. The van der Waals surface area contributed by atoms with Crippen molar-refractivity contribution in [3.05, 3.63) is 64.4 Å². The topological polar surface area (TPSA) is 72.0 Å². The predicted octanol–water partition coefficient (Wildman–Crippen LogP) is 3.65. The van der Waals surface area contributed by atoms with E-state index in [1.54, 1.807) is 29.8 Å². The first kappa shape index (κ1) is 18.7. The summed E-state index contributed by atoms with van der Waals surface area (Å²) in [6, 6.07) is 9.20. The fourth-order valence-corrected chi connectivity index (χ4v) is 5.06. The third kappa shape index (κ3) is 4.17. The summed E-state index contributed by atoms with van der Waals surface area (Å²) in [5, 5.41) is 0.905. The van der Waals surface area contributed by atoms with Crippen LogP contribution >= 0.6 is 11.3 Å². The predicted molar refractivity (Wildman–Crippen MR) is 105 cm³/mol. The van der Waals surface area contributed by atoms with Crippen LogP contribution in [0.15, 0.2) is 47.6 Å². The summed E-state index contributed by atoms with van der Waals surface area (Å²) in [7, 11) is -3.51. The van der Waals surface area contributed by atoms with Crippen LogP contribution < -0.4 is 4.72 Å². The molecule has 136 valence electrons. The number of thiazole rings is 1. The van der Waals surface area contributed by atoms with E-state index in [0.29, 0.717) is 17.9 Å². The standard InChI is InChI=1S/C19H21N3O2S2/c1-13-6-7-18(14(2)11-13)26(23,24)21-10-8-17-15(3)22-19(25-17)16-5-4-9-20-12-16/h4-7,9,11-12,21H,8,10H2,1-3H3. The molecular formula is C19H21N3O2S2. The summed E-state index contributed by atoms with van der Waals surface area (Å²) < 4.78 is 27.8. The summed E-state index contributed by atoms with van der Waals surface area (Å²) >= 11 is 1.58. The summed E-state index contributed by atoms with van der Waals surface area (Å²) in [6.45, 7) is 6.05. The van der Waals surface area contributed by atoms with E-state index in [9.17, 15) is 8.42 Å². The highest BCUT2D eigenvalue weighted by atomic mass is 32.2. The molecule has 2 heterocycles. The van der Waals surface area contributed by atoms with E-state index in [0.717, 1.165) is 32.3 Å². The van der Waals surface area contributed by atoms with Crippen LogP contribution in [0.25, 0.3) is 10.6 Å². The Hall–Kier alpha value is -2.09. The lowest BCUT2D eigenvalue weighted by molar-refractivity contribution is 0.581. The first-order valence-electron chi connectivity index (χ1n) is 8.30. The molecule has 0 aliphatic heterocycles. The Labute approximate surface area is 158 Å². The number of sulfonamides is 1. The Morgan fingerprint density at radius 3 is 2.65 bits per heavy atom. The second-order valence-electron chi connectivity index (χ2n) is 6.19. The zero-order valence-corrected chi connectivity index (χ0v) is 16.6. The van der Waals surface area contributed by atoms with Gasteiger partial charge in [-0.25, -0.2) is 18.1 Å². The highest BCUT2D eigenvalue weighted by Crippen LogP contribution is 2.27. The molecular weight excluding hydrogens is 366 g/mol. The van der Waals surface area contributed by atoms with Crippen LogP contribution in [0.2, 0.25) is 0 Å². The molecule has 5 nitrogen and oxygen atoms in total. The number of nitrogens with one attached hydrogen (secondary N) is 1. The van der Waals surface area contributed by atoms with E-state index in [4.69, 9.17) is 0 Å². The van der Waals surface area contributed by atoms with Crippen molar-refractivity contribution < 1.29 is 8.42 Å². The number of pyridine rings is 1. The number of aryl methyl sites for hydroxylation is 3. The van der Waals surface area contributed by atoms with Gasteiger partial charge in [0.1, 0.15) is 5.01 Å². The monoisotopic (exact) mass is 387 g/mol. The van der Waals surface area contributed by atoms with Crippen molar-refractivity contribution in [2.45, 2.75) is 32.1 Å². The molecule has 0 bridgehead atoms. The molecule has 0 radical (unpaired) electrons. The number of nitrogens with zero attached hydrogens (tertiary/aromatic N) is 2. The Bertz CT molecular complexity index is 1010. The maximum Gasteiger partial charge on any atom is 0.240 e. The van der Waals surface area contributed by atoms with Crippen molar-refractivity contribution in [2.24, 2.45) is 0 Å². The van der Waals surface area contributed by atoms with Gasteiger partial charge in [0, 0.05) is 29.4 Å². The van der Waals surface area contributed by atoms with Crippen molar-refractivity contribution >= 4 is 21.4 Å². The molecule has 0 saturated heterocycles. The molecule has 0 unspecified atom stereocenters. The van der Waals surface area contributed by atoms with Crippen molar-refractivity contribution in [3.63, 3.8) is 0 Å². The minimum atomic E-state index is -3.51. The van der Waals surface area contributed by atoms with E-state index in [-0.39, 0.29) is 0 Å². The fourth-order valence-electron chi connectivity index (χ4n) is 2.75. The molecule has 0 saturated carbocycles. The summed E-state index contributed by atoms with van der Waals surface area (Å²) in [6.07, 6.45) is 4.12. The summed E-state index contributed by atoms with van der Waals surface area (Å²) in [4.78, 5) is 10.1. The van der Waals surface area contributed by atoms with Crippen LogP contribution in [0.1, 0.15) is 21.7 Å². The minimum Gasteiger partial charge on any atom is -0.264 e. The number of rotatable bonds is 6. The number of hydrogen-bond acceptors (Lipinski definition) is 5. The van der Waals surface area contributed by atoms with Crippen molar-refractivity contribution in [2.75, 3.05) is 6.54 Å². The van der Waals surface area contributed by atoms with E-state index in [1.165, 1.54) is 0 Å². The molecule has 0 aliphatic carbocycles. The van der Waals surface area contributed by atoms with Crippen LogP contribution in [0, 0.1) is 20.8 Å². The molecule has 3 aromatic rings. The number of aromatic nitrogens is 2. The maximum atomic E-state index is 12.5. The van der Waals surface area contributed by atoms with Crippen molar-refractivity contribution in [1.82, 2.24) is 14.7 Å². The van der Waals surface area contributed by atoms with E-state index < -0.39 is 10.0 Å². The average molecular weight is 388 g/mol. The molecule has 1 aromatic carbocycles. The van der Waals surface area contributed by atoms with Gasteiger partial charge >= 0.3 is 0 Å². The summed E-state index contributed by atoms with van der Waals surface area (Å²) in [5.74, 6) is 0. The normalized spacial score (nSPS) is 11.7. The van der Waals surface area contributed by atoms with Gasteiger partial charge < -0.3 is 0 Å². The van der Waals surface area contributed by atoms with E-state index in [1.807, 2.05) is 45.0 Å². The molecule has 3 rings (SSSR count). The molecule has 0 amide bonds. The zero-order valence-electron chi connectivity index (χ0n) is 15.0. The van der Waals surface area contributed by atoms with Crippen molar-refractivity contribution in [1.29, 1.82) is 0 Å². The van der Waals surface area contributed by atoms with Gasteiger partial charge in [0.05, 0.1) is 10.6 Å². The maximum absolute atomic E-state index is 12.5. The number of hydrogen-bond donors (Lipinski definition) is 1. The van der Waals surface area contributed by atoms with Gasteiger partial charge in [-0.05, 0) is 51.0 Å². The molecule has 7 heteroatoms. The second-order valence-corrected chi connectivity index (χ2v) is 9.01. The fraction of sp³-hybridized carbons (Fsp3) is 0.263. The van der Waals surface area contributed by atoms with E-state index >= 15 is 0 Å². The lowest BCUT2D eigenvalue weighted by Gasteiger charge is -2.09. The summed E-state index contributed by atoms with van der Waals surface area (Å²) in [5.41, 5.74) is 3.71. The van der Waals surface area contributed by atoms with Gasteiger partial charge in [-0.1, -0.05) is 17.7 Å². The largest absolute Gasteiger partial charge is 0.264 e. The lowest BCUT2D eigenvalue weighted by Crippen LogP contribution is -2.26. The Balaban J connectivity index is 1.69. The molecule has 0 spiro atoms. The lowest BCUT2D eigenvalue weighted by atomic mass is 10.2. The van der Waals surface area contributed by atoms with Crippen molar-refractivity contribution in [3.8, 4) is 10.6 Å². The minimum absolute atomic E-state index is 0.333. The molecule has 0 aliphatic rings. The van der Waals surface area contributed by atoms with Gasteiger partial charge in [0.15, 0.2) is 0 Å². The highest BCUT2D eigenvalue weighted by molar-refractivity contribution is 7.89. The van der Waals surface area contributed by atoms with Gasteiger partial charge in [0.2, 0.25) is 10.0 Å². The first-order chi connectivity index (χ1) is 12.4. The first-order valence-corrected chi connectivity index (χ1v) is 10.6. The third-order valence-corrected chi connectivity index (χ3v) is 6.95.